The Bertz CT molecular complexity index is 838. The van der Waals surface area contributed by atoms with Gasteiger partial charge in [-0.05, 0) is 24.4 Å². The number of quaternary nitrogens is 1. The fraction of sp³-hybridized carbons (Fsp3) is 0.312. The van der Waals surface area contributed by atoms with Crippen molar-refractivity contribution >= 4 is 46.6 Å². The molecule has 0 saturated carbocycles. The van der Waals surface area contributed by atoms with Crippen LogP contribution in [0.1, 0.15) is 5.56 Å². The quantitative estimate of drug-likeness (QED) is 0.174. The Morgan fingerprint density at radius 3 is 2.59 bits per heavy atom. The van der Waals surface area contributed by atoms with E-state index in [2.05, 4.69) is 15.5 Å². The number of nitrogens with two attached hydrogens (primary N) is 1. The van der Waals surface area contributed by atoms with Gasteiger partial charge in [0.15, 0.2) is 5.11 Å². The van der Waals surface area contributed by atoms with Gasteiger partial charge in [-0.15, -0.1) is 0 Å². The minimum Gasteiger partial charge on any atom is -1.00 e. The zero-order valence-corrected chi connectivity index (χ0v) is 16.0. The normalized spacial score (nSPS) is 19.0. The summed E-state index contributed by atoms with van der Waals surface area (Å²) in [6.07, 6.45) is 1.40. The number of rotatable bonds is 3. The van der Waals surface area contributed by atoms with E-state index >= 15 is 0 Å². The van der Waals surface area contributed by atoms with Crippen LogP contribution in [0.4, 0.5) is 11.4 Å². The van der Waals surface area contributed by atoms with Gasteiger partial charge in [0.25, 0.3) is 17.5 Å². The molecule has 2 heterocycles. The average molecular weight is 412 g/mol. The highest BCUT2D eigenvalue weighted by atomic mass is 35.5. The number of benzene rings is 1. The highest BCUT2D eigenvalue weighted by Crippen LogP contribution is 2.28. The van der Waals surface area contributed by atoms with Crippen LogP contribution >= 0.6 is 12.2 Å². The molecule has 0 radical (unpaired) electrons. The molecule has 2 amide bonds. The summed E-state index contributed by atoms with van der Waals surface area (Å²) >= 11 is 4.93. The highest BCUT2D eigenvalue weighted by Gasteiger charge is 2.31. The highest BCUT2D eigenvalue weighted by molar-refractivity contribution is 7.80. The smallest absolute Gasteiger partial charge is 0.270 e. The van der Waals surface area contributed by atoms with Crippen molar-refractivity contribution in [3.63, 3.8) is 0 Å². The summed E-state index contributed by atoms with van der Waals surface area (Å²) < 4.78 is 0. The largest absolute Gasteiger partial charge is 1.00 e. The van der Waals surface area contributed by atoms with Crippen LogP contribution in [0.15, 0.2) is 23.8 Å². The molecule has 0 aliphatic carbocycles. The molecule has 0 aromatic heterocycles. The van der Waals surface area contributed by atoms with Gasteiger partial charge >= 0.3 is 0 Å². The Kier molecular flexibility index (Phi) is 6.47. The van der Waals surface area contributed by atoms with Crippen LogP contribution in [-0.2, 0) is 9.59 Å². The number of nitro benzene ring substituents is 1. The van der Waals surface area contributed by atoms with Crippen LogP contribution in [0.25, 0.3) is 6.08 Å². The molecule has 11 heteroatoms. The minimum absolute atomic E-state index is 0. The van der Waals surface area contributed by atoms with E-state index < -0.39 is 16.7 Å². The predicted molar refractivity (Wildman–Crippen MR) is 98.5 cm³/mol. The zero-order valence-electron chi connectivity index (χ0n) is 14.5. The molecule has 2 aliphatic heterocycles. The lowest BCUT2D eigenvalue weighted by Gasteiger charge is -2.29. The first-order valence-electron chi connectivity index (χ1n) is 8.08. The molecule has 2 fully saturated rings. The fourth-order valence-electron chi connectivity index (χ4n) is 2.95. The van der Waals surface area contributed by atoms with E-state index in [1.165, 1.54) is 25.3 Å². The lowest BCUT2D eigenvalue weighted by molar-refractivity contribution is -0.655. The van der Waals surface area contributed by atoms with Crippen LogP contribution in [0.5, 0.6) is 0 Å². The Labute approximate surface area is 166 Å². The maximum absolute atomic E-state index is 12.4. The number of piperazine rings is 1. The number of thiocarbonyl (C=S) groups is 1. The van der Waals surface area contributed by atoms with Crippen LogP contribution in [0.3, 0.4) is 0 Å². The Balaban J connectivity index is 0.00000261. The number of nitrogens with one attached hydrogen (secondary N) is 1. The van der Waals surface area contributed by atoms with E-state index in [1.807, 2.05) is 0 Å². The molecule has 2 saturated heterocycles. The number of carbonyl (C=O) groups is 2. The third-order valence-corrected chi connectivity index (χ3v) is 4.75. The molecule has 0 spiro atoms. The Morgan fingerprint density at radius 1 is 1.30 bits per heavy atom. The summed E-state index contributed by atoms with van der Waals surface area (Å²) in [5.41, 5.74) is 1.01. The van der Waals surface area contributed by atoms with Gasteiger partial charge in [0, 0.05) is 30.4 Å². The standard InChI is InChI=1S/C16H17N5O4S.ClH/c1-19-15(23)12(14(22)18-16(19)26)9-10-8-11(21(24)25)2-3-13(10)20-6-4-17-5-7-20;/h2-3,8-9,17H,4-7H2,1H3,(H,18,22,26);1H/b12-9-;. The zero-order chi connectivity index (χ0) is 18.8. The number of anilines is 1. The summed E-state index contributed by atoms with van der Waals surface area (Å²) in [7, 11) is 1.47. The van der Waals surface area contributed by atoms with E-state index in [0.29, 0.717) is 5.56 Å². The van der Waals surface area contributed by atoms with Gasteiger partial charge in [-0.25, -0.2) is 0 Å². The van der Waals surface area contributed by atoms with Crippen molar-refractivity contribution in [1.82, 2.24) is 10.2 Å². The SMILES string of the molecule is CN1C(=O)/C(=C\c2cc([N+](=O)[O-])ccc2N2CC[NH2+]CC2)C(=O)NC1=S.[Cl-]. The molecule has 0 unspecified atom stereocenters. The number of hydrogen-bond acceptors (Lipinski definition) is 6. The van der Waals surface area contributed by atoms with Crippen LogP contribution < -0.4 is 27.9 Å². The Morgan fingerprint density at radius 2 is 1.96 bits per heavy atom. The number of nitro groups is 1. The molecule has 144 valence electrons. The molecular formula is C16H18ClN5O4S. The maximum atomic E-state index is 12.4. The van der Waals surface area contributed by atoms with Crippen molar-refractivity contribution in [2.24, 2.45) is 0 Å². The van der Waals surface area contributed by atoms with Gasteiger partial charge in [-0.2, -0.15) is 0 Å². The number of hydrogen-bond donors (Lipinski definition) is 2. The summed E-state index contributed by atoms with van der Waals surface area (Å²) in [5.74, 6) is -1.15. The third kappa shape index (κ3) is 4.24. The van der Waals surface area contributed by atoms with E-state index in [-0.39, 0.29) is 28.8 Å². The summed E-state index contributed by atoms with van der Waals surface area (Å²) in [6.45, 7) is 3.36. The van der Waals surface area contributed by atoms with E-state index in [9.17, 15) is 19.7 Å². The molecule has 27 heavy (non-hydrogen) atoms. The first-order chi connectivity index (χ1) is 12.4. The van der Waals surface area contributed by atoms with Crippen LogP contribution in [0.2, 0.25) is 0 Å². The van der Waals surface area contributed by atoms with E-state index in [1.54, 1.807) is 6.07 Å². The molecule has 3 N–H and O–H groups in total. The van der Waals surface area contributed by atoms with Gasteiger partial charge in [0.05, 0.1) is 31.1 Å². The van der Waals surface area contributed by atoms with Crippen molar-refractivity contribution in [2.45, 2.75) is 0 Å². The minimum atomic E-state index is -0.609. The number of halogens is 1. The fourth-order valence-corrected chi connectivity index (χ4v) is 3.13. The van der Waals surface area contributed by atoms with Crippen molar-refractivity contribution < 1.29 is 32.2 Å². The topological polar surface area (TPSA) is 112 Å². The monoisotopic (exact) mass is 411 g/mol. The molecule has 0 atom stereocenters. The van der Waals surface area contributed by atoms with Gasteiger partial charge in [0.2, 0.25) is 0 Å². The van der Waals surface area contributed by atoms with Gasteiger partial charge in [-0.1, -0.05) is 0 Å². The van der Waals surface area contributed by atoms with Gasteiger partial charge in [-0.3, -0.25) is 29.9 Å². The van der Waals surface area contributed by atoms with Crippen molar-refractivity contribution in [3.05, 3.63) is 39.4 Å². The van der Waals surface area contributed by atoms with Crippen LogP contribution in [0, 0.1) is 10.1 Å². The maximum Gasteiger partial charge on any atom is 0.270 e. The third-order valence-electron chi connectivity index (χ3n) is 4.37. The molecule has 1 aromatic rings. The number of carbonyl (C=O) groups excluding carboxylic acids is 2. The molecule has 3 rings (SSSR count). The second-order valence-electron chi connectivity index (χ2n) is 6.03. The first kappa shape index (κ1) is 20.7. The Hall–Kier alpha value is -2.56. The predicted octanol–water partition coefficient (Wildman–Crippen LogP) is -3.76. The molecule has 9 nitrogen and oxygen atoms in total. The van der Waals surface area contributed by atoms with Crippen molar-refractivity contribution in [1.29, 1.82) is 0 Å². The lowest BCUT2D eigenvalue weighted by atomic mass is 10.0. The number of non-ortho nitro benzene ring substituents is 1. The number of likely N-dealkylation sites (N-methyl/N-ethyl adjacent to an activating group) is 1. The molecule has 2 aliphatic rings. The van der Waals surface area contributed by atoms with E-state index in [4.69, 9.17) is 12.2 Å². The number of nitrogens with zero attached hydrogens (tertiary/aromatic N) is 3. The van der Waals surface area contributed by atoms with Gasteiger partial charge in [0.1, 0.15) is 5.57 Å². The average Bonchev–Trinajstić information content (AvgIpc) is 2.64. The van der Waals surface area contributed by atoms with Crippen molar-refractivity contribution in [3.8, 4) is 0 Å². The molecule has 0 bridgehead atoms. The van der Waals surface area contributed by atoms with E-state index in [0.717, 1.165) is 36.8 Å². The lowest BCUT2D eigenvalue weighted by Crippen LogP contribution is -3.00. The molecular weight excluding hydrogens is 394 g/mol. The second kappa shape index (κ2) is 8.42. The first-order valence-corrected chi connectivity index (χ1v) is 8.49. The molecule has 1 aromatic carbocycles. The van der Waals surface area contributed by atoms with Crippen LogP contribution in [-0.4, -0.2) is 60.0 Å². The summed E-state index contributed by atoms with van der Waals surface area (Å²) in [5, 5.41) is 15.8. The van der Waals surface area contributed by atoms with Gasteiger partial charge < -0.3 is 22.6 Å². The number of amides is 2. The summed E-state index contributed by atoms with van der Waals surface area (Å²) in [4.78, 5) is 38.5. The summed E-state index contributed by atoms with van der Waals surface area (Å²) in [6, 6.07) is 4.48. The van der Waals surface area contributed by atoms with Crippen molar-refractivity contribution in [2.75, 3.05) is 38.1 Å². The second-order valence-corrected chi connectivity index (χ2v) is 6.42.